The molecule has 0 amide bonds. The van der Waals surface area contributed by atoms with Crippen molar-refractivity contribution in [3.63, 3.8) is 0 Å². The molecule has 1 saturated heterocycles. The van der Waals surface area contributed by atoms with E-state index in [-0.39, 0.29) is 5.41 Å². The van der Waals surface area contributed by atoms with Crippen molar-refractivity contribution in [2.45, 2.75) is 70.6 Å². The van der Waals surface area contributed by atoms with Gasteiger partial charge in [-0.3, -0.25) is 4.99 Å². The molecule has 3 atom stereocenters. The van der Waals surface area contributed by atoms with E-state index in [0.717, 1.165) is 51.2 Å². The van der Waals surface area contributed by atoms with Crippen LogP contribution in [0.25, 0.3) is 0 Å². The number of fused-ring (bicyclic) bond motifs is 1. The Bertz CT molecular complexity index is 430. The summed E-state index contributed by atoms with van der Waals surface area (Å²) in [6.07, 6.45) is 5.51. The topological polar surface area (TPSA) is 65.9 Å². The molecule has 3 rings (SSSR count). The summed E-state index contributed by atoms with van der Waals surface area (Å²) in [5.74, 6) is 1.43. The first-order valence-corrected chi connectivity index (χ1v) is 8.85. The van der Waals surface area contributed by atoms with Gasteiger partial charge >= 0.3 is 0 Å². The molecule has 3 fully saturated rings. The maximum absolute atomic E-state index is 10.5. The molecule has 2 aliphatic carbocycles. The third-order valence-electron chi connectivity index (χ3n) is 5.80. The Morgan fingerprint density at radius 3 is 2.73 bits per heavy atom. The number of hydrogen-bond acceptors (Lipinski definition) is 3. The maximum atomic E-state index is 10.5. The highest BCUT2D eigenvalue weighted by Gasteiger charge is 2.59. The number of aliphatic hydroxyl groups is 1. The van der Waals surface area contributed by atoms with E-state index < -0.39 is 5.60 Å². The lowest BCUT2D eigenvalue weighted by atomic mass is 9.57. The highest BCUT2D eigenvalue weighted by Crippen LogP contribution is 2.52. The van der Waals surface area contributed by atoms with Crippen LogP contribution in [0.2, 0.25) is 0 Å². The van der Waals surface area contributed by atoms with Gasteiger partial charge < -0.3 is 20.5 Å². The average molecular weight is 309 g/mol. The van der Waals surface area contributed by atoms with Gasteiger partial charge in [0.15, 0.2) is 5.96 Å². The van der Waals surface area contributed by atoms with E-state index in [9.17, 15) is 5.11 Å². The lowest BCUT2D eigenvalue weighted by Gasteiger charge is -2.55. The van der Waals surface area contributed by atoms with Gasteiger partial charge in [-0.25, -0.2) is 0 Å². The molecule has 22 heavy (non-hydrogen) atoms. The summed E-state index contributed by atoms with van der Waals surface area (Å²) in [4.78, 5) is 4.67. The highest BCUT2D eigenvalue weighted by molar-refractivity contribution is 5.80. The van der Waals surface area contributed by atoms with Crippen LogP contribution in [0.4, 0.5) is 0 Å². The Morgan fingerprint density at radius 1 is 1.32 bits per heavy atom. The van der Waals surface area contributed by atoms with Crippen LogP contribution < -0.4 is 10.6 Å². The zero-order valence-electron chi connectivity index (χ0n) is 14.2. The van der Waals surface area contributed by atoms with E-state index >= 15 is 0 Å². The molecular weight excluding hydrogens is 278 g/mol. The van der Waals surface area contributed by atoms with Crippen molar-refractivity contribution in [2.24, 2.45) is 16.3 Å². The fraction of sp³-hybridized carbons (Fsp3) is 0.941. The molecule has 3 N–H and O–H groups in total. The number of guanidine groups is 1. The molecule has 0 spiro atoms. The van der Waals surface area contributed by atoms with Crippen LogP contribution >= 0.6 is 0 Å². The molecule has 2 saturated carbocycles. The number of nitrogens with one attached hydrogen (secondary N) is 2. The molecule has 0 radical (unpaired) electrons. The average Bonchev–Trinajstić information content (AvgIpc) is 3.10. The minimum absolute atomic E-state index is 0.140. The third-order valence-corrected chi connectivity index (χ3v) is 5.80. The molecule has 126 valence electrons. The van der Waals surface area contributed by atoms with Gasteiger partial charge in [-0.15, -0.1) is 0 Å². The molecule has 0 aromatic heterocycles. The van der Waals surface area contributed by atoms with Gasteiger partial charge in [-0.1, -0.05) is 26.7 Å². The number of rotatable bonds is 4. The van der Waals surface area contributed by atoms with Crippen LogP contribution in [-0.2, 0) is 4.74 Å². The van der Waals surface area contributed by atoms with Gasteiger partial charge in [0.05, 0.1) is 18.2 Å². The second kappa shape index (κ2) is 6.00. The molecule has 1 heterocycles. The van der Waals surface area contributed by atoms with Crippen molar-refractivity contribution in [1.29, 1.82) is 0 Å². The van der Waals surface area contributed by atoms with Crippen LogP contribution in [0.15, 0.2) is 4.99 Å². The highest BCUT2D eigenvalue weighted by atomic mass is 16.5. The summed E-state index contributed by atoms with van der Waals surface area (Å²) >= 11 is 0. The molecule has 5 nitrogen and oxygen atoms in total. The Labute approximate surface area is 133 Å². The number of nitrogens with zero attached hydrogens (tertiary/aromatic N) is 1. The van der Waals surface area contributed by atoms with Crippen LogP contribution in [-0.4, -0.2) is 48.5 Å². The minimum Gasteiger partial charge on any atom is -0.388 e. The van der Waals surface area contributed by atoms with Gasteiger partial charge in [-0.2, -0.15) is 0 Å². The number of hydrogen-bond donors (Lipinski definition) is 3. The lowest BCUT2D eigenvalue weighted by Crippen LogP contribution is -2.68. The summed E-state index contributed by atoms with van der Waals surface area (Å²) in [5, 5.41) is 17.4. The van der Waals surface area contributed by atoms with Gasteiger partial charge in [0.1, 0.15) is 0 Å². The summed E-state index contributed by atoms with van der Waals surface area (Å²) in [6, 6.07) is 0.399. The Kier molecular flexibility index (Phi) is 4.38. The predicted octanol–water partition coefficient (Wildman–Crippen LogP) is 1.66. The quantitative estimate of drug-likeness (QED) is 0.546. The van der Waals surface area contributed by atoms with E-state index in [4.69, 9.17) is 4.74 Å². The Hall–Kier alpha value is -0.810. The normalized spacial score (nSPS) is 35.8. The first kappa shape index (κ1) is 16.1. The third kappa shape index (κ3) is 2.85. The van der Waals surface area contributed by atoms with Crippen molar-refractivity contribution < 1.29 is 9.84 Å². The monoisotopic (exact) mass is 309 g/mol. The van der Waals surface area contributed by atoms with Gasteiger partial charge in [0.25, 0.3) is 0 Å². The van der Waals surface area contributed by atoms with Crippen molar-refractivity contribution in [3.05, 3.63) is 0 Å². The molecule has 3 aliphatic rings. The van der Waals surface area contributed by atoms with Crippen LogP contribution in [0.3, 0.4) is 0 Å². The predicted molar refractivity (Wildman–Crippen MR) is 87.9 cm³/mol. The first-order chi connectivity index (χ1) is 10.5. The lowest BCUT2D eigenvalue weighted by molar-refractivity contribution is -0.106. The number of aliphatic imine (C=N–C) groups is 1. The van der Waals surface area contributed by atoms with Crippen molar-refractivity contribution in [2.75, 3.05) is 19.7 Å². The Balaban J connectivity index is 1.64. The molecule has 0 aromatic rings. The SMILES string of the molecule is CCNC(=NCC1(O)CCCC1)NC1C2CCOC2C1(C)C. The fourth-order valence-corrected chi connectivity index (χ4v) is 4.50. The standard InChI is InChI=1S/C17H31N3O2/c1-4-18-15(19-11-17(21)8-5-6-9-17)20-13-12-7-10-22-14(12)16(13,2)3/h12-14,21H,4-11H2,1-3H3,(H2,18,19,20). The van der Waals surface area contributed by atoms with E-state index in [1.54, 1.807) is 0 Å². The van der Waals surface area contributed by atoms with Crippen molar-refractivity contribution in [3.8, 4) is 0 Å². The summed E-state index contributed by atoms with van der Waals surface area (Å²) < 4.78 is 5.86. The fourth-order valence-electron chi connectivity index (χ4n) is 4.50. The maximum Gasteiger partial charge on any atom is 0.191 e. The minimum atomic E-state index is -0.587. The molecule has 0 aromatic carbocycles. The molecule has 5 heteroatoms. The van der Waals surface area contributed by atoms with Gasteiger partial charge in [0, 0.05) is 30.5 Å². The largest absolute Gasteiger partial charge is 0.388 e. The molecule has 1 aliphatic heterocycles. The van der Waals surface area contributed by atoms with Crippen molar-refractivity contribution in [1.82, 2.24) is 10.6 Å². The summed E-state index contributed by atoms with van der Waals surface area (Å²) in [5.41, 5.74) is -0.446. The smallest absolute Gasteiger partial charge is 0.191 e. The molecule has 3 unspecified atom stereocenters. The number of ether oxygens (including phenoxy) is 1. The van der Waals surface area contributed by atoms with Crippen molar-refractivity contribution >= 4 is 5.96 Å². The Morgan fingerprint density at radius 2 is 2.05 bits per heavy atom. The molecular formula is C17H31N3O2. The second-order valence-corrected chi connectivity index (χ2v) is 7.81. The van der Waals surface area contributed by atoms with Crippen LogP contribution in [0, 0.1) is 11.3 Å². The van der Waals surface area contributed by atoms with E-state index in [2.05, 4.69) is 36.4 Å². The van der Waals surface area contributed by atoms with E-state index in [1.807, 2.05) is 0 Å². The van der Waals surface area contributed by atoms with Crippen LogP contribution in [0.5, 0.6) is 0 Å². The van der Waals surface area contributed by atoms with Gasteiger partial charge in [-0.05, 0) is 26.2 Å². The summed E-state index contributed by atoms with van der Waals surface area (Å²) in [6.45, 7) is 8.83. The molecule has 0 bridgehead atoms. The zero-order chi connectivity index (χ0) is 15.8. The van der Waals surface area contributed by atoms with E-state index in [1.165, 1.54) is 0 Å². The van der Waals surface area contributed by atoms with E-state index in [0.29, 0.717) is 24.6 Å². The summed E-state index contributed by atoms with van der Waals surface area (Å²) in [7, 11) is 0. The van der Waals surface area contributed by atoms with Gasteiger partial charge in [0.2, 0.25) is 0 Å². The second-order valence-electron chi connectivity index (χ2n) is 7.81. The van der Waals surface area contributed by atoms with Crippen LogP contribution in [0.1, 0.15) is 52.9 Å². The zero-order valence-corrected chi connectivity index (χ0v) is 14.2. The first-order valence-electron chi connectivity index (χ1n) is 8.85.